The summed E-state index contributed by atoms with van der Waals surface area (Å²) in [5, 5.41) is 6.05. The SMILES string of the molecule is O=C(Nc1ccc(C2=CNCC2)cc1)C(=O)c1cc(-c2c3c(c4ccccn24)-c2cc-3ccc2-c2ccccc2)c2ccccn12. The summed E-state index contributed by atoms with van der Waals surface area (Å²) in [4.78, 5) is 27.2. The molecular formula is C40H28N4O2. The number of nitrogens with zero attached hydrogens (tertiary/aromatic N) is 2. The quantitative estimate of drug-likeness (QED) is 0.150. The number of ketones is 1. The molecule has 6 nitrogen and oxygen atoms in total. The molecule has 7 aromatic rings. The van der Waals surface area contributed by atoms with Gasteiger partial charge in [0.25, 0.3) is 11.7 Å². The summed E-state index contributed by atoms with van der Waals surface area (Å²) in [6.45, 7) is 0.929. The molecule has 1 amide bonds. The second kappa shape index (κ2) is 10.2. The van der Waals surface area contributed by atoms with Gasteiger partial charge in [0, 0.05) is 47.5 Å². The Balaban J connectivity index is 1.14. The summed E-state index contributed by atoms with van der Waals surface area (Å²) in [5.41, 5.74) is 14.1. The zero-order valence-electron chi connectivity index (χ0n) is 24.8. The molecule has 2 N–H and O–H groups in total. The smallest absolute Gasteiger partial charge is 0.298 e. The number of aromatic nitrogens is 2. The number of pyridine rings is 2. The summed E-state index contributed by atoms with van der Waals surface area (Å²) < 4.78 is 4.04. The van der Waals surface area contributed by atoms with E-state index in [1.807, 2.05) is 77.5 Å². The van der Waals surface area contributed by atoms with Gasteiger partial charge >= 0.3 is 0 Å². The lowest BCUT2D eigenvalue weighted by Crippen LogP contribution is -2.24. The molecule has 3 aromatic carbocycles. The largest absolute Gasteiger partial charge is 0.390 e. The van der Waals surface area contributed by atoms with Crippen LogP contribution in [0.1, 0.15) is 22.5 Å². The van der Waals surface area contributed by atoms with Crippen LogP contribution in [0.2, 0.25) is 0 Å². The highest BCUT2D eigenvalue weighted by Gasteiger charge is 2.31. The summed E-state index contributed by atoms with van der Waals surface area (Å²) in [5.74, 6) is -1.27. The first kappa shape index (κ1) is 26.3. The van der Waals surface area contributed by atoms with Crippen LogP contribution in [0, 0.1) is 0 Å². The van der Waals surface area contributed by atoms with Gasteiger partial charge in [0.15, 0.2) is 0 Å². The van der Waals surface area contributed by atoms with Gasteiger partial charge in [-0.2, -0.15) is 0 Å². The predicted octanol–water partition coefficient (Wildman–Crippen LogP) is 8.33. The third-order valence-electron chi connectivity index (χ3n) is 9.21. The van der Waals surface area contributed by atoms with Gasteiger partial charge in [0.1, 0.15) is 0 Å². The lowest BCUT2D eigenvalue weighted by atomic mass is 9.98. The Kier molecular flexibility index (Phi) is 5.83. The second-order valence-corrected chi connectivity index (χ2v) is 11.8. The van der Waals surface area contributed by atoms with Gasteiger partial charge in [-0.05, 0) is 88.3 Å². The average Bonchev–Trinajstić information content (AvgIpc) is 3.89. The van der Waals surface area contributed by atoms with Crippen LogP contribution in [0.4, 0.5) is 5.69 Å². The molecule has 0 saturated heterocycles. The van der Waals surface area contributed by atoms with Crippen LogP contribution in [-0.2, 0) is 4.79 Å². The van der Waals surface area contributed by atoms with Crippen LogP contribution in [0.5, 0.6) is 0 Å². The van der Waals surface area contributed by atoms with Crippen LogP contribution < -0.4 is 10.6 Å². The van der Waals surface area contributed by atoms with Crippen molar-refractivity contribution in [2.24, 2.45) is 0 Å². The van der Waals surface area contributed by atoms with Crippen molar-refractivity contribution in [3.8, 4) is 44.6 Å². The number of nitrogens with one attached hydrogen (secondary N) is 2. The maximum atomic E-state index is 13.8. The summed E-state index contributed by atoms with van der Waals surface area (Å²) in [6.07, 6.45) is 6.91. The fraction of sp³-hybridized carbons (Fsp3) is 0.0500. The Morgan fingerprint density at radius 3 is 2.15 bits per heavy atom. The molecular weight excluding hydrogens is 568 g/mol. The number of benzene rings is 3. The monoisotopic (exact) mass is 596 g/mol. The molecule has 1 aliphatic heterocycles. The van der Waals surface area contributed by atoms with E-state index in [1.165, 1.54) is 27.8 Å². The molecule has 220 valence electrons. The number of hydrogen-bond donors (Lipinski definition) is 2. The molecule has 0 saturated carbocycles. The molecule has 9 rings (SSSR count). The fourth-order valence-corrected chi connectivity index (χ4v) is 7.09. The topological polar surface area (TPSA) is 67.0 Å². The number of rotatable bonds is 6. The minimum absolute atomic E-state index is 0.316. The van der Waals surface area contributed by atoms with Gasteiger partial charge in [0.2, 0.25) is 0 Å². The van der Waals surface area contributed by atoms with Gasteiger partial charge < -0.3 is 19.4 Å². The van der Waals surface area contributed by atoms with Crippen molar-refractivity contribution in [3.05, 3.63) is 145 Å². The van der Waals surface area contributed by atoms with E-state index in [9.17, 15) is 9.59 Å². The molecule has 0 unspecified atom stereocenters. The van der Waals surface area contributed by atoms with E-state index in [1.54, 1.807) is 0 Å². The van der Waals surface area contributed by atoms with Gasteiger partial charge in [-0.1, -0.05) is 66.7 Å². The number of hydrogen-bond acceptors (Lipinski definition) is 3. The highest BCUT2D eigenvalue weighted by Crippen LogP contribution is 2.53. The van der Waals surface area contributed by atoms with Gasteiger partial charge in [-0.25, -0.2) is 0 Å². The number of anilines is 1. The van der Waals surface area contributed by atoms with E-state index in [0.717, 1.165) is 51.9 Å². The first-order chi connectivity index (χ1) is 22.7. The molecule has 1 aliphatic carbocycles. The maximum Gasteiger partial charge on any atom is 0.298 e. The van der Waals surface area contributed by atoms with E-state index in [4.69, 9.17) is 0 Å². The van der Waals surface area contributed by atoms with Crippen LogP contribution >= 0.6 is 0 Å². The van der Waals surface area contributed by atoms with E-state index < -0.39 is 11.7 Å². The Bertz CT molecular complexity index is 2390. The number of fused-ring (bicyclic) bond motifs is 8. The molecule has 0 radical (unpaired) electrons. The molecule has 4 aromatic heterocycles. The number of carbonyl (C=O) groups is 2. The van der Waals surface area contributed by atoms with Crippen molar-refractivity contribution in [1.82, 2.24) is 14.1 Å². The average molecular weight is 597 g/mol. The van der Waals surface area contributed by atoms with Crippen molar-refractivity contribution in [2.75, 3.05) is 11.9 Å². The third-order valence-corrected chi connectivity index (χ3v) is 9.21. The predicted molar refractivity (Wildman–Crippen MR) is 184 cm³/mol. The van der Waals surface area contributed by atoms with E-state index in [-0.39, 0.29) is 0 Å². The van der Waals surface area contributed by atoms with Crippen LogP contribution in [0.25, 0.3) is 61.2 Å². The maximum absolute atomic E-state index is 13.8. The summed E-state index contributed by atoms with van der Waals surface area (Å²) >= 11 is 0. The third kappa shape index (κ3) is 3.97. The molecule has 46 heavy (non-hydrogen) atoms. The van der Waals surface area contributed by atoms with E-state index in [2.05, 4.69) is 75.8 Å². The minimum atomic E-state index is -0.672. The molecule has 5 heterocycles. The lowest BCUT2D eigenvalue weighted by molar-refractivity contribution is -0.112. The van der Waals surface area contributed by atoms with Crippen molar-refractivity contribution >= 4 is 34.0 Å². The molecule has 2 bridgehead atoms. The first-order valence-corrected chi connectivity index (χ1v) is 15.5. The fourth-order valence-electron chi connectivity index (χ4n) is 7.09. The zero-order valence-corrected chi connectivity index (χ0v) is 24.8. The Morgan fingerprint density at radius 2 is 1.37 bits per heavy atom. The first-order valence-electron chi connectivity index (χ1n) is 15.5. The van der Waals surface area contributed by atoms with Crippen LogP contribution in [-0.4, -0.2) is 27.0 Å². The second-order valence-electron chi connectivity index (χ2n) is 11.8. The highest BCUT2D eigenvalue weighted by molar-refractivity contribution is 6.46. The molecule has 2 aliphatic rings. The van der Waals surface area contributed by atoms with Crippen LogP contribution in [0.15, 0.2) is 134 Å². The normalized spacial score (nSPS) is 13.1. The molecule has 0 spiro atoms. The molecule has 0 fully saturated rings. The molecule has 6 heteroatoms. The standard InChI is InChI=1S/C40H28N4O2/c45-39(40(46)42-29-15-12-25(13-16-29)28-18-19-41-24-28)35-23-32(33-10-4-6-20-43(33)35)38-36-27-14-17-30(26-8-2-1-3-9-26)31(22-27)37(36)34-11-5-7-21-44(34)38/h1-17,20-24,41H,18-19H2,(H,42,46). The number of carbonyl (C=O) groups excluding carboxylic acids is 2. The van der Waals surface area contributed by atoms with Crippen molar-refractivity contribution < 1.29 is 9.59 Å². The van der Waals surface area contributed by atoms with Gasteiger partial charge in [-0.15, -0.1) is 0 Å². The summed E-state index contributed by atoms with van der Waals surface area (Å²) in [6, 6.07) is 38.7. The van der Waals surface area contributed by atoms with Gasteiger partial charge in [0.05, 0.1) is 22.4 Å². The van der Waals surface area contributed by atoms with E-state index >= 15 is 0 Å². The Morgan fingerprint density at radius 1 is 0.630 bits per heavy atom. The van der Waals surface area contributed by atoms with Crippen LogP contribution in [0.3, 0.4) is 0 Å². The van der Waals surface area contributed by atoms with Gasteiger partial charge in [-0.3, -0.25) is 9.59 Å². The summed E-state index contributed by atoms with van der Waals surface area (Å²) in [7, 11) is 0. The van der Waals surface area contributed by atoms with Crippen molar-refractivity contribution in [2.45, 2.75) is 6.42 Å². The molecule has 0 atom stereocenters. The number of Topliss-reactive ketones (excluding diaryl/α,β-unsaturated/α-hetero) is 1. The minimum Gasteiger partial charge on any atom is -0.390 e. The zero-order chi connectivity index (χ0) is 30.8. The van der Waals surface area contributed by atoms with Crippen molar-refractivity contribution in [3.63, 3.8) is 0 Å². The van der Waals surface area contributed by atoms with E-state index in [0.29, 0.717) is 11.4 Å². The Hall–Kier alpha value is -6.14. The highest BCUT2D eigenvalue weighted by atomic mass is 16.2. The Labute approximate surface area is 265 Å². The number of amides is 1. The van der Waals surface area contributed by atoms with Crippen molar-refractivity contribution in [1.29, 1.82) is 0 Å². The lowest BCUT2D eigenvalue weighted by Gasteiger charge is -2.08.